The van der Waals surface area contributed by atoms with E-state index in [0.717, 1.165) is 11.1 Å². The summed E-state index contributed by atoms with van der Waals surface area (Å²) in [6.45, 7) is 4.13. The number of amides is 1. The average Bonchev–Trinajstić information content (AvgIpc) is 2.60. The SMILES string of the molecule is COc1ccc(NC(=O)CCCN(c2ccc(C)c(C)c2)S(C)(=O)=O)cc1Cl. The van der Waals surface area contributed by atoms with Gasteiger partial charge in [0.05, 0.1) is 24.1 Å². The number of hydrogen-bond donors (Lipinski definition) is 1. The van der Waals surface area contributed by atoms with Gasteiger partial charge in [-0.05, 0) is 61.7 Å². The van der Waals surface area contributed by atoms with E-state index in [-0.39, 0.29) is 18.9 Å². The number of anilines is 2. The number of hydrogen-bond acceptors (Lipinski definition) is 4. The Kier molecular flexibility index (Phi) is 7.32. The normalized spacial score (nSPS) is 11.2. The van der Waals surface area contributed by atoms with Crippen molar-refractivity contribution in [1.82, 2.24) is 0 Å². The minimum atomic E-state index is -3.45. The second-order valence-corrected chi connectivity index (χ2v) is 8.92. The standard InChI is InChI=1S/C20H25ClN2O4S/c1-14-7-9-17(12-15(14)2)23(28(4,25)26)11-5-6-20(24)22-16-8-10-19(27-3)18(21)13-16/h7-10,12-13H,5-6,11H2,1-4H3,(H,22,24). The molecule has 0 aliphatic heterocycles. The summed E-state index contributed by atoms with van der Waals surface area (Å²) in [5, 5.41) is 3.16. The van der Waals surface area contributed by atoms with E-state index >= 15 is 0 Å². The number of methoxy groups -OCH3 is 1. The van der Waals surface area contributed by atoms with Crippen LogP contribution in [0, 0.1) is 13.8 Å². The number of nitrogens with one attached hydrogen (secondary N) is 1. The van der Waals surface area contributed by atoms with Crippen LogP contribution in [0.2, 0.25) is 5.02 Å². The highest BCUT2D eigenvalue weighted by molar-refractivity contribution is 7.92. The zero-order valence-corrected chi connectivity index (χ0v) is 18.0. The predicted octanol–water partition coefficient (Wildman–Crippen LogP) is 4.15. The monoisotopic (exact) mass is 424 g/mol. The first-order chi connectivity index (χ1) is 13.1. The van der Waals surface area contributed by atoms with Crippen molar-refractivity contribution in [2.75, 3.05) is 29.5 Å². The fourth-order valence-electron chi connectivity index (χ4n) is 2.72. The summed E-state index contributed by atoms with van der Waals surface area (Å²) in [4.78, 5) is 12.2. The second kappa shape index (κ2) is 9.30. The number of carbonyl (C=O) groups excluding carboxylic acids is 1. The van der Waals surface area contributed by atoms with Crippen LogP contribution < -0.4 is 14.4 Å². The van der Waals surface area contributed by atoms with Crippen LogP contribution in [0.1, 0.15) is 24.0 Å². The fourth-order valence-corrected chi connectivity index (χ4v) is 3.93. The molecule has 0 unspecified atom stereocenters. The summed E-state index contributed by atoms with van der Waals surface area (Å²) in [6, 6.07) is 10.5. The van der Waals surface area contributed by atoms with E-state index < -0.39 is 10.0 Å². The van der Waals surface area contributed by atoms with Crippen molar-refractivity contribution in [2.24, 2.45) is 0 Å². The van der Waals surface area contributed by atoms with Gasteiger partial charge in [-0.1, -0.05) is 17.7 Å². The number of sulfonamides is 1. The molecule has 0 fully saturated rings. The molecule has 6 nitrogen and oxygen atoms in total. The van der Waals surface area contributed by atoms with Gasteiger partial charge in [-0.15, -0.1) is 0 Å². The molecular formula is C20H25ClN2O4S. The lowest BCUT2D eigenvalue weighted by molar-refractivity contribution is -0.116. The number of carbonyl (C=O) groups is 1. The van der Waals surface area contributed by atoms with Gasteiger partial charge >= 0.3 is 0 Å². The zero-order chi connectivity index (χ0) is 20.9. The first-order valence-corrected chi connectivity index (χ1v) is 11.0. The zero-order valence-electron chi connectivity index (χ0n) is 16.5. The maximum Gasteiger partial charge on any atom is 0.232 e. The Morgan fingerprint density at radius 3 is 2.43 bits per heavy atom. The van der Waals surface area contributed by atoms with Crippen LogP contribution in [0.25, 0.3) is 0 Å². The van der Waals surface area contributed by atoms with Gasteiger partial charge in [0.2, 0.25) is 15.9 Å². The molecule has 0 bridgehead atoms. The molecule has 2 aromatic carbocycles. The Morgan fingerprint density at radius 1 is 1.14 bits per heavy atom. The molecule has 8 heteroatoms. The maximum atomic E-state index is 12.2. The van der Waals surface area contributed by atoms with Crippen molar-refractivity contribution < 1.29 is 17.9 Å². The Labute approximate surface area is 171 Å². The Hall–Kier alpha value is -2.25. The van der Waals surface area contributed by atoms with Crippen LogP contribution in [0.4, 0.5) is 11.4 Å². The summed E-state index contributed by atoms with van der Waals surface area (Å²) in [5.41, 5.74) is 3.27. The van der Waals surface area contributed by atoms with Crippen LogP contribution in [-0.4, -0.2) is 34.2 Å². The molecule has 0 aromatic heterocycles. The molecule has 0 aliphatic carbocycles. The van der Waals surface area contributed by atoms with Crippen molar-refractivity contribution in [3.05, 3.63) is 52.5 Å². The molecule has 0 saturated carbocycles. The lowest BCUT2D eigenvalue weighted by Gasteiger charge is -2.23. The molecule has 152 valence electrons. The molecule has 1 N–H and O–H groups in total. The first kappa shape index (κ1) is 22.0. The van der Waals surface area contributed by atoms with E-state index in [0.29, 0.717) is 28.6 Å². The molecule has 0 spiro atoms. The highest BCUT2D eigenvalue weighted by atomic mass is 35.5. The summed E-state index contributed by atoms with van der Waals surface area (Å²) in [5.74, 6) is 0.312. The van der Waals surface area contributed by atoms with Crippen LogP contribution in [0.3, 0.4) is 0 Å². The molecule has 0 atom stereocenters. The number of rotatable bonds is 8. The van der Waals surface area contributed by atoms with E-state index in [1.807, 2.05) is 26.0 Å². The third-order valence-corrected chi connectivity index (χ3v) is 5.87. The van der Waals surface area contributed by atoms with E-state index in [2.05, 4.69) is 5.32 Å². The van der Waals surface area contributed by atoms with Gasteiger partial charge in [-0.25, -0.2) is 8.42 Å². The van der Waals surface area contributed by atoms with Crippen molar-refractivity contribution >= 4 is 38.9 Å². The van der Waals surface area contributed by atoms with Gasteiger partial charge in [0.25, 0.3) is 0 Å². The topological polar surface area (TPSA) is 75.7 Å². The van der Waals surface area contributed by atoms with Gasteiger partial charge in [0.1, 0.15) is 5.75 Å². The van der Waals surface area contributed by atoms with Crippen LogP contribution >= 0.6 is 11.6 Å². The summed E-state index contributed by atoms with van der Waals surface area (Å²) >= 11 is 6.05. The average molecular weight is 425 g/mol. The number of nitrogens with zero attached hydrogens (tertiary/aromatic N) is 1. The van der Waals surface area contributed by atoms with E-state index in [4.69, 9.17) is 16.3 Å². The number of benzene rings is 2. The molecule has 2 aromatic rings. The Morgan fingerprint density at radius 2 is 1.86 bits per heavy atom. The van der Waals surface area contributed by atoms with E-state index in [9.17, 15) is 13.2 Å². The van der Waals surface area contributed by atoms with Gasteiger partial charge in [0.15, 0.2) is 0 Å². The molecule has 0 aliphatic rings. The molecule has 0 saturated heterocycles. The largest absolute Gasteiger partial charge is 0.495 e. The summed E-state index contributed by atoms with van der Waals surface area (Å²) in [7, 11) is -1.93. The fraction of sp³-hybridized carbons (Fsp3) is 0.350. The lowest BCUT2D eigenvalue weighted by atomic mass is 10.1. The Balaban J connectivity index is 1.99. The van der Waals surface area contributed by atoms with Gasteiger partial charge in [-0.3, -0.25) is 9.10 Å². The molecule has 2 rings (SSSR count). The molecule has 1 amide bonds. The smallest absolute Gasteiger partial charge is 0.232 e. The third kappa shape index (κ3) is 5.87. The summed E-state index contributed by atoms with van der Waals surface area (Å²) < 4.78 is 30.8. The maximum absolute atomic E-state index is 12.2. The molecular weight excluding hydrogens is 400 g/mol. The van der Waals surface area contributed by atoms with E-state index in [1.54, 1.807) is 24.3 Å². The van der Waals surface area contributed by atoms with Gasteiger partial charge in [0, 0.05) is 18.7 Å². The minimum Gasteiger partial charge on any atom is -0.495 e. The first-order valence-electron chi connectivity index (χ1n) is 8.80. The van der Waals surface area contributed by atoms with Crippen molar-refractivity contribution in [3.63, 3.8) is 0 Å². The quantitative estimate of drug-likeness (QED) is 0.690. The predicted molar refractivity (Wildman–Crippen MR) is 114 cm³/mol. The highest BCUT2D eigenvalue weighted by Gasteiger charge is 2.18. The highest BCUT2D eigenvalue weighted by Crippen LogP contribution is 2.27. The second-order valence-electron chi connectivity index (χ2n) is 6.60. The Bertz CT molecular complexity index is 961. The summed E-state index contributed by atoms with van der Waals surface area (Å²) in [6.07, 6.45) is 1.73. The molecule has 0 radical (unpaired) electrons. The van der Waals surface area contributed by atoms with Crippen molar-refractivity contribution in [2.45, 2.75) is 26.7 Å². The van der Waals surface area contributed by atoms with Crippen LogP contribution in [0.5, 0.6) is 5.75 Å². The minimum absolute atomic E-state index is 0.181. The molecule has 0 heterocycles. The third-order valence-electron chi connectivity index (χ3n) is 4.38. The molecule has 28 heavy (non-hydrogen) atoms. The van der Waals surface area contributed by atoms with E-state index in [1.165, 1.54) is 17.7 Å². The van der Waals surface area contributed by atoms with Gasteiger partial charge < -0.3 is 10.1 Å². The van der Waals surface area contributed by atoms with Crippen LogP contribution in [0.15, 0.2) is 36.4 Å². The number of aryl methyl sites for hydroxylation is 2. The van der Waals surface area contributed by atoms with Crippen LogP contribution in [-0.2, 0) is 14.8 Å². The van der Waals surface area contributed by atoms with Crippen molar-refractivity contribution in [1.29, 1.82) is 0 Å². The van der Waals surface area contributed by atoms with Crippen molar-refractivity contribution in [3.8, 4) is 5.75 Å². The van der Waals surface area contributed by atoms with Gasteiger partial charge in [-0.2, -0.15) is 0 Å². The number of halogens is 1. The number of ether oxygens (including phenoxy) is 1. The lowest BCUT2D eigenvalue weighted by Crippen LogP contribution is -2.31.